The Hall–Kier alpha value is -0.500. The molecule has 0 radical (unpaired) electrons. The molecule has 0 aliphatic heterocycles. The lowest BCUT2D eigenvalue weighted by molar-refractivity contribution is 0.237. The number of ether oxygens (including phenoxy) is 1. The quantitative estimate of drug-likeness (QED) is 0.522. The van der Waals surface area contributed by atoms with Crippen LogP contribution in [-0.4, -0.2) is 19.2 Å². The SMILES string of the molecule is C=COCCCNC1CCC(C)CC1. The average Bonchev–Trinajstić information content (AvgIpc) is 2.21. The van der Waals surface area contributed by atoms with Crippen molar-refractivity contribution in [3.05, 3.63) is 12.8 Å². The summed E-state index contributed by atoms with van der Waals surface area (Å²) in [7, 11) is 0. The Balaban J connectivity index is 1.93. The third kappa shape index (κ3) is 4.66. The number of rotatable bonds is 6. The molecule has 1 fully saturated rings. The van der Waals surface area contributed by atoms with E-state index in [0.29, 0.717) is 0 Å². The second-order valence-corrected chi connectivity index (χ2v) is 4.30. The number of hydrogen-bond acceptors (Lipinski definition) is 2. The van der Waals surface area contributed by atoms with Gasteiger partial charge in [0.2, 0.25) is 0 Å². The molecule has 1 rings (SSSR count). The van der Waals surface area contributed by atoms with E-state index in [4.69, 9.17) is 4.74 Å². The molecule has 0 saturated heterocycles. The van der Waals surface area contributed by atoms with Crippen molar-refractivity contribution < 1.29 is 4.74 Å². The Morgan fingerprint density at radius 2 is 2.07 bits per heavy atom. The highest BCUT2D eigenvalue weighted by molar-refractivity contribution is 4.74. The van der Waals surface area contributed by atoms with Crippen LogP contribution in [-0.2, 0) is 4.74 Å². The van der Waals surface area contributed by atoms with E-state index < -0.39 is 0 Å². The second kappa shape index (κ2) is 6.88. The average molecular weight is 197 g/mol. The van der Waals surface area contributed by atoms with Gasteiger partial charge < -0.3 is 10.1 Å². The van der Waals surface area contributed by atoms with Crippen LogP contribution in [0.3, 0.4) is 0 Å². The predicted octanol–water partition coefficient (Wildman–Crippen LogP) is 2.70. The van der Waals surface area contributed by atoms with Crippen molar-refractivity contribution >= 4 is 0 Å². The van der Waals surface area contributed by atoms with Crippen LogP contribution in [0.2, 0.25) is 0 Å². The summed E-state index contributed by atoms with van der Waals surface area (Å²) in [5.41, 5.74) is 0. The topological polar surface area (TPSA) is 21.3 Å². The van der Waals surface area contributed by atoms with E-state index >= 15 is 0 Å². The summed E-state index contributed by atoms with van der Waals surface area (Å²) in [6.07, 6.45) is 8.08. The molecule has 1 N–H and O–H groups in total. The Labute approximate surface area is 87.7 Å². The fourth-order valence-electron chi connectivity index (χ4n) is 2.01. The van der Waals surface area contributed by atoms with E-state index in [2.05, 4.69) is 18.8 Å². The minimum atomic E-state index is 0.759. The number of hydrogen-bond donors (Lipinski definition) is 1. The highest BCUT2D eigenvalue weighted by Crippen LogP contribution is 2.23. The van der Waals surface area contributed by atoms with Gasteiger partial charge in [0.15, 0.2) is 0 Å². The van der Waals surface area contributed by atoms with Crippen LogP contribution in [0.15, 0.2) is 12.8 Å². The summed E-state index contributed by atoms with van der Waals surface area (Å²) in [4.78, 5) is 0. The fourth-order valence-corrected chi connectivity index (χ4v) is 2.01. The molecule has 1 aliphatic rings. The van der Waals surface area contributed by atoms with Crippen LogP contribution in [0.1, 0.15) is 39.0 Å². The van der Waals surface area contributed by atoms with Gasteiger partial charge in [0.1, 0.15) is 0 Å². The zero-order valence-corrected chi connectivity index (χ0v) is 9.30. The zero-order chi connectivity index (χ0) is 10.2. The lowest BCUT2D eigenvalue weighted by Crippen LogP contribution is -2.33. The van der Waals surface area contributed by atoms with Gasteiger partial charge in [-0.25, -0.2) is 0 Å². The maximum atomic E-state index is 5.06. The monoisotopic (exact) mass is 197 g/mol. The normalized spacial score (nSPS) is 27.2. The van der Waals surface area contributed by atoms with Crippen LogP contribution < -0.4 is 5.32 Å². The Morgan fingerprint density at radius 1 is 1.36 bits per heavy atom. The highest BCUT2D eigenvalue weighted by atomic mass is 16.5. The molecule has 82 valence electrons. The van der Waals surface area contributed by atoms with Crippen molar-refractivity contribution in [2.75, 3.05) is 13.2 Å². The van der Waals surface area contributed by atoms with E-state index in [0.717, 1.165) is 31.5 Å². The van der Waals surface area contributed by atoms with Gasteiger partial charge in [-0.2, -0.15) is 0 Å². The Morgan fingerprint density at radius 3 is 2.71 bits per heavy atom. The lowest BCUT2D eigenvalue weighted by atomic mass is 9.87. The van der Waals surface area contributed by atoms with E-state index in [1.807, 2.05) is 0 Å². The van der Waals surface area contributed by atoms with Gasteiger partial charge in [-0.3, -0.25) is 0 Å². The third-order valence-electron chi connectivity index (χ3n) is 3.01. The zero-order valence-electron chi connectivity index (χ0n) is 9.30. The van der Waals surface area contributed by atoms with Crippen molar-refractivity contribution in [1.82, 2.24) is 5.32 Å². The largest absolute Gasteiger partial charge is 0.502 e. The summed E-state index contributed by atoms with van der Waals surface area (Å²) in [5.74, 6) is 0.942. The molecule has 1 aliphatic carbocycles. The third-order valence-corrected chi connectivity index (χ3v) is 3.01. The lowest BCUT2D eigenvalue weighted by Gasteiger charge is -2.26. The Bertz CT molecular complexity index is 150. The van der Waals surface area contributed by atoms with Gasteiger partial charge in [-0.05, 0) is 44.6 Å². The highest BCUT2D eigenvalue weighted by Gasteiger charge is 2.16. The van der Waals surface area contributed by atoms with Gasteiger partial charge in [0.25, 0.3) is 0 Å². The molecule has 0 amide bonds. The van der Waals surface area contributed by atoms with Gasteiger partial charge in [0.05, 0.1) is 12.9 Å². The summed E-state index contributed by atoms with van der Waals surface area (Å²) in [6.45, 7) is 7.74. The minimum Gasteiger partial charge on any atom is -0.502 e. The molecule has 0 aromatic heterocycles. The smallest absolute Gasteiger partial charge is 0.0885 e. The van der Waals surface area contributed by atoms with Gasteiger partial charge in [-0.1, -0.05) is 13.5 Å². The molecule has 0 unspecified atom stereocenters. The van der Waals surface area contributed by atoms with Crippen LogP contribution in [0.25, 0.3) is 0 Å². The molecule has 2 heteroatoms. The van der Waals surface area contributed by atoms with E-state index in [-0.39, 0.29) is 0 Å². The maximum Gasteiger partial charge on any atom is 0.0885 e. The first kappa shape index (κ1) is 11.6. The Kier molecular flexibility index (Phi) is 5.69. The van der Waals surface area contributed by atoms with Gasteiger partial charge >= 0.3 is 0 Å². The number of nitrogens with one attached hydrogen (secondary N) is 1. The molecule has 0 aromatic carbocycles. The summed E-state index contributed by atoms with van der Waals surface area (Å²) in [5, 5.41) is 3.59. The van der Waals surface area contributed by atoms with Crippen molar-refractivity contribution in [1.29, 1.82) is 0 Å². The first-order chi connectivity index (χ1) is 6.83. The fraction of sp³-hybridized carbons (Fsp3) is 0.833. The molecule has 1 saturated carbocycles. The van der Waals surface area contributed by atoms with Crippen LogP contribution >= 0.6 is 0 Å². The summed E-state index contributed by atoms with van der Waals surface area (Å²) < 4.78 is 5.06. The van der Waals surface area contributed by atoms with Crippen molar-refractivity contribution in [2.24, 2.45) is 5.92 Å². The van der Waals surface area contributed by atoms with E-state index in [1.54, 1.807) is 0 Å². The van der Waals surface area contributed by atoms with Crippen LogP contribution in [0.4, 0.5) is 0 Å². The standard InChI is InChI=1S/C12H23NO/c1-3-14-10-4-9-13-12-7-5-11(2)6-8-12/h3,11-13H,1,4-10H2,2H3. The second-order valence-electron chi connectivity index (χ2n) is 4.30. The van der Waals surface area contributed by atoms with Crippen molar-refractivity contribution in [3.63, 3.8) is 0 Å². The molecule has 0 aromatic rings. The minimum absolute atomic E-state index is 0.759. The predicted molar refractivity (Wildman–Crippen MR) is 60.2 cm³/mol. The summed E-state index contributed by atoms with van der Waals surface area (Å²) in [6, 6.07) is 0.759. The van der Waals surface area contributed by atoms with Gasteiger partial charge in [-0.15, -0.1) is 0 Å². The van der Waals surface area contributed by atoms with Crippen molar-refractivity contribution in [2.45, 2.75) is 45.1 Å². The molecule has 0 bridgehead atoms. The molecule has 0 spiro atoms. The summed E-state index contributed by atoms with van der Waals surface area (Å²) >= 11 is 0. The van der Waals surface area contributed by atoms with Gasteiger partial charge in [0, 0.05) is 6.04 Å². The first-order valence-corrected chi connectivity index (χ1v) is 5.79. The molecule has 14 heavy (non-hydrogen) atoms. The van der Waals surface area contributed by atoms with Crippen molar-refractivity contribution in [3.8, 4) is 0 Å². The molecule has 2 nitrogen and oxygen atoms in total. The van der Waals surface area contributed by atoms with E-state index in [1.165, 1.54) is 31.9 Å². The van der Waals surface area contributed by atoms with E-state index in [9.17, 15) is 0 Å². The molecule has 0 atom stereocenters. The van der Waals surface area contributed by atoms with Crippen LogP contribution in [0.5, 0.6) is 0 Å². The molecule has 0 heterocycles. The molecular formula is C12H23NO. The maximum absolute atomic E-state index is 5.06. The molecular weight excluding hydrogens is 174 g/mol. The van der Waals surface area contributed by atoms with Crippen LogP contribution in [0, 0.1) is 5.92 Å². The first-order valence-electron chi connectivity index (χ1n) is 5.79.